The molecule has 0 radical (unpaired) electrons. The van der Waals surface area contributed by atoms with Crippen LogP contribution in [0.5, 0.6) is 0 Å². The Balaban J connectivity index is 2.72. The number of hydrogen-bond donors (Lipinski definition) is 2. The van der Waals surface area contributed by atoms with Gasteiger partial charge in [-0.05, 0) is 22.9 Å². The lowest BCUT2D eigenvalue weighted by molar-refractivity contribution is 0.811. The van der Waals surface area contributed by atoms with Crippen molar-refractivity contribution in [1.82, 2.24) is 9.97 Å². The van der Waals surface area contributed by atoms with E-state index in [4.69, 9.17) is 12.2 Å². The zero-order valence-corrected chi connectivity index (χ0v) is 9.37. The first-order valence-electron chi connectivity index (χ1n) is 4.12. The van der Waals surface area contributed by atoms with Crippen molar-refractivity contribution in [1.29, 1.82) is 0 Å². The fourth-order valence-electron chi connectivity index (χ4n) is 0.948. The number of nitrogens with one attached hydrogen (secondary N) is 1. The molecular weight excluding hydrogens is 244 g/mol. The van der Waals surface area contributed by atoms with E-state index in [9.17, 15) is 0 Å². The quantitative estimate of drug-likeness (QED) is 0.636. The van der Waals surface area contributed by atoms with Crippen molar-refractivity contribution in [2.45, 2.75) is 19.4 Å². The van der Waals surface area contributed by atoms with Gasteiger partial charge in [-0.3, -0.25) is 0 Å². The van der Waals surface area contributed by atoms with Crippen LogP contribution in [0.1, 0.15) is 13.3 Å². The van der Waals surface area contributed by atoms with E-state index >= 15 is 0 Å². The molecule has 1 rings (SSSR count). The normalized spacial score (nSPS) is 11.8. The second kappa shape index (κ2) is 4.82. The van der Waals surface area contributed by atoms with Gasteiger partial charge in [-0.15, -0.1) is 12.3 Å². The van der Waals surface area contributed by atoms with Gasteiger partial charge >= 0.3 is 0 Å². The van der Waals surface area contributed by atoms with Crippen molar-refractivity contribution in [2.75, 3.05) is 11.1 Å². The van der Waals surface area contributed by atoms with Gasteiger partial charge in [-0.2, -0.15) is 4.98 Å². The largest absolute Gasteiger partial charge is 0.383 e. The summed E-state index contributed by atoms with van der Waals surface area (Å²) in [6.07, 6.45) is 5.80. The zero-order chi connectivity index (χ0) is 10.6. The van der Waals surface area contributed by atoms with Crippen molar-refractivity contribution in [3.05, 3.63) is 10.7 Å². The second-order valence-corrected chi connectivity index (χ2v) is 3.71. The van der Waals surface area contributed by atoms with Crippen molar-refractivity contribution < 1.29 is 0 Å². The Kier molecular flexibility index (Phi) is 3.72. The number of rotatable bonds is 3. The molecule has 14 heavy (non-hydrogen) atoms. The number of nitrogens with two attached hydrogens (primary N) is 1. The highest BCUT2D eigenvalue weighted by atomic mass is 79.9. The molecule has 1 heterocycles. The average Bonchev–Trinajstić information content (AvgIpc) is 2.01. The molecule has 0 aliphatic rings. The third-order valence-corrected chi connectivity index (χ3v) is 1.92. The summed E-state index contributed by atoms with van der Waals surface area (Å²) in [6, 6.07) is 1.77. The predicted molar refractivity (Wildman–Crippen MR) is 60.7 cm³/mol. The highest BCUT2D eigenvalue weighted by Crippen LogP contribution is 2.13. The first-order valence-corrected chi connectivity index (χ1v) is 4.91. The van der Waals surface area contributed by atoms with Crippen molar-refractivity contribution in [3.8, 4) is 12.3 Å². The number of halogens is 1. The van der Waals surface area contributed by atoms with Gasteiger partial charge in [0.1, 0.15) is 10.4 Å². The lowest BCUT2D eigenvalue weighted by Crippen LogP contribution is -2.16. The topological polar surface area (TPSA) is 63.8 Å². The van der Waals surface area contributed by atoms with Crippen molar-refractivity contribution in [3.63, 3.8) is 0 Å². The van der Waals surface area contributed by atoms with Crippen LogP contribution < -0.4 is 11.1 Å². The lowest BCUT2D eigenvalue weighted by atomic mass is 10.2. The molecule has 0 aromatic carbocycles. The molecule has 0 amide bonds. The molecule has 5 heteroatoms. The summed E-state index contributed by atoms with van der Waals surface area (Å²) in [6.45, 7) is 1.96. The van der Waals surface area contributed by atoms with Crippen molar-refractivity contribution >= 4 is 27.7 Å². The van der Waals surface area contributed by atoms with E-state index < -0.39 is 0 Å². The fourth-order valence-corrected chi connectivity index (χ4v) is 1.35. The molecule has 0 aliphatic carbocycles. The van der Waals surface area contributed by atoms with Gasteiger partial charge in [0.15, 0.2) is 0 Å². The van der Waals surface area contributed by atoms with Gasteiger partial charge < -0.3 is 11.1 Å². The van der Waals surface area contributed by atoms with Crippen LogP contribution in [0.3, 0.4) is 0 Å². The van der Waals surface area contributed by atoms with Crippen LogP contribution in [0.15, 0.2) is 10.7 Å². The number of terminal acetylenes is 1. The molecular formula is C9H11BrN4. The standard InChI is InChI=1S/C9H11BrN4/c1-3-4-6(2)12-9-13-7(10)5-8(11)14-9/h1,5-6H,4H2,2H3,(H3,11,12,13,14). The van der Waals surface area contributed by atoms with Crippen LogP contribution in [0.4, 0.5) is 11.8 Å². The highest BCUT2D eigenvalue weighted by Gasteiger charge is 2.04. The Morgan fingerprint density at radius 3 is 3.00 bits per heavy atom. The molecule has 4 nitrogen and oxygen atoms in total. The maximum Gasteiger partial charge on any atom is 0.225 e. The van der Waals surface area contributed by atoms with E-state index in [1.807, 2.05) is 6.92 Å². The van der Waals surface area contributed by atoms with Crippen LogP contribution in [0.25, 0.3) is 0 Å². The number of aromatic nitrogens is 2. The van der Waals surface area contributed by atoms with E-state index in [1.165, 1.54) is 0 Å². The molecule has 74 valence electrons. The molecule has 1 unspecified atom stereocenters. The number of nitrogens with zero attached hydrogens (tertiary/aromatic N) is 2. The second-order valence-electron chi connectivity index (χ2n) is 2.89. The molecule has 1 atom stereocenters. The molecule has 3 N–H and O–H groups in total. The first kappa shape index (κ1) is 10.8. The van der Waals surface area contributed by atoms with E-state index in [0.717, 1.165) is 0 Å². The minimum absolute atomic E-state index is 0.133. The van der Waals surface area contributed by atoms with Crippen LogP contribution in [-0.2, 0) is 0 Å². The minimum Gasteiger partial charge on any atom is -0.383 e. The van der Waals surface area contributed by atoms with Crippen LogP contribution >= 0.6 is 15.9 Å². The molecule has 0 saturated carbocycles. The fraction of sp³-hybridized carbons (Fsp3) is 0.333. The summed E-state index contributed by atoms with van der Waals surface area (Å²) in [4.78, 5) is 8.12. The van der Waals surface area contributed by atoms with Gasteiger partial charge in [0, 0.05) is 18.5 Å². The monoisotopic (exact) mass is 254 g/mol. The van der Waals surface area contributed by atoms with Crippen LogP contribution in [-0.4, -0.2) is 16.0 Å². The Hall–Kier alpha value is -1.28. The number of hydrogen-bond acceptors (Lipinski definition) is 4. The number of anilines is 2. The third kappa shape index (κ3) is 3.23. The van der Waals surface area contributed by atoms with Crippen LogP contribution in [0, 0.1) is 12.3 Å². The number of nitrogen functional groups attached to an aromatic ring is 1. The van der Waals surface area contributed by atoms with Gasteiger partial charge in [-0.25, -0.2) is 4.98 Å². The molecule has 0 spiro atoms. The van der Waals surface area contributed by atoms with Gasteiger partial charge in [0.05, 0.1) is 0 Å². The molecule has 0 fully saturated rings. The minimum atomic E-state index is 0.133. The van der Waals surface area contributed by atoms with E-state index in [0.29, 0.717) is 22.8 Å². The maximum absolute atomic E-state index is 5.55. The van der Waals surface area contributed by atoms with Crippen LogP contribution in [0.2, 0.25) is 0 Å². The predicted octanol–water partition coefficient (Wildman–Crippen LogP) is 1.65. The average molecular weight is 255 g/mol. The zero-order valence-electron chi connectivity index (χ0n) is 7.79. The summed E-state index contributed by atoms with van der Waals surface area (Å²) in [5, 5.41) is 3.05. The van der Waals surface area contributed by atoms with E-state index in [-0.39, 0.29) is 6.04 Å². The maximum atomic E-state index is 5.55. The smallest absolute Gasteiger partial charge is 0.225 e. The summed E-state index contributed by atoms with van der Waals surface area (Å²) in [7, 11) is 0. The Morgan fingerprint density at radius 1 is 1.71 bits per heavy atom. The Labute approximate surface area is 91.5 Å². The summed E-state index contributed by atoms with van der Waals surface area (Å²) < 4.78 is 0.653. The molecule has 0 bridgehead atoms. The molecule has 1 aromatic heterocycles. The Bertz CT molecular complexity index is 338. The first-order chi connectivity index (χ1) is 6.61. The lowest BCUT2D eigenvalue weighted by Gasteiger charge is -2.10. The summed E-state index contributed by atoms with van der Waals surface area (Å²) in [5.41, 5.74) is 5.55. The Morgan fingerprint density at radius 2 is 2.43 bits per heavy atom. The molecule has 0 aliphatic heterocycles. The summed E-state index contributed by atoms with van der Waals surface area (Å²) >= 11 is 3.23. The van der Waals surface area contributed by atoms with E-state index in [2.05, 4.69) is 37.1 Å². The molecule has 1 aromatic rings. The third-order valence-electron chi connectivity index (χ3n) is 1.51. The highest BCUT2D eigenvalue weighted by molar-refractivity contribution is 9.10. The molecule has 0 saturated heterocycles. The van der Waals surface area contributed by atoms with Gasteiger partial charge in [-0.1, -0.05) is 0 Å². The SMILES string of the molecule is C#CCC(C)Nc1nc(N)cc(Br)n1. The van der Waals surface area contributed by atoms with Gasteiger partial charge in [0.25, 0.3) is 0 Å². The van der Waals surface area contributed by atoms with E-state index in [1.54, 1.807) is 6.07 Å². The van der Waals surface area contributed by atoms with Crippen molar-refractivity contribution in [2.24, 2.45) is 0 Å². The summed E-state index contributed by atoms with van der Waals surface area (Å²) in [5.74, 6) is 3.46. The van der Waals surface area contributed by atoms with Gasteiger partial charge in [0.2, 0.25) is 5.95 Å².